The Kier molecular flexibility index (Phi) is 6.67. The number of hydrogen-bond acceptors (Lipinski definition) is 1. The fraction of sp³-hybridized carbons (Fsp3) is 0.200. The molecule has 0 heterocycles. The van der Waals surface area contributed by atoms with Gasteiger partial charge in [0, 0.05) is 11.1 Å². The molecule has 5 aromatic carbocycles. The maximum atomic E-state index is 5.76. The highest BCUT2D eigenvalue weighted by atomic mass is 35.5. The smallest absolute Gasteiger partial charge is 0.0393 e. The number of anilines is 1. The molecule has 2 heteroatoms. The second kappa shape index (κ2) is 9.63. The maximum Gasteiger partial charge on any atom is 0.0393 e. The first-order valence-corrected chi connectivity index (χ1v) is 11.4. The van der Waals surface area contributed by atoms with E-state index >= 15 is 0 Å². The van der Waals surface area contributed by atoms with E-state index in [4.69, 9.17) is 5.73 Å². The first-order valence-electron chi connectivity index (χ1n) is 11.4. The van der Waals surface area contributed by atoms with Gasteiger partial charge in [0.15, 0.2) is 0 Å². The van der Waals surface area contributed by atoms with Crippen LogP contribution >= 0.6 is 12.4 Å². The van der Waals surface area contributed by atoms with Crippen molar-refractivity contribution in [2.24, 2.45) is 0 Å². The van der Waals surface area contributed by atoms with E-state index in [1.165, 1.54) is 58.2 Å². The van der Waals surface area contributed by atoms with Crippen molar-refractivity contribution in [3.8, 4) is 0 Å². The summed E-state index contributed by atoms with van der Waals surface area (Å²) < 4.78 is 0. The topological polar surface area (TPSA) is 26.0 Å². The summed E-state index contributed by atoms with van der Waals surface area (Å²) in [6.07, 6.45) is 6.32. The molecular weight excluding hydrogens is 410 g/mol. The van der Waals surface area contributed by atoms with Crippen molar-refractivity contribution >= 4 is 50.4 Å². The van der Waals surface area contributed by atoms with Gasteiger partial charge in [0.05, 0.1) is 0 Å². The van der Waals surface area contributed by atoms with Crippen molar-refractivity contribution < 1.29 is 0 Å². The molecule has 0 atom stereocenters. The second-order valence-electron chi connectivity index (χ2n) is 8.51. The zero-order valence-electron chi connectivity index (χ0n) is 18.6. The van der Waals surface area contributed by atoms with Gasteiger partial charge in [0.25, 0.3) is 0 Å². The summed E-state index contributed by atoms with van der Waals surface area (Å²) in [5, 5.41) is 8.12. The average Bonchev–Trinajstić information content (AvgIpc) is 2.84. The van der Waals surface area contributed by atoms with Gasteiger partial charge in [-0.05, 0) is 81.8 Å². The third kappa shape index (κ3) is 4.06. The highest BCUT2D eigenvalue weighted by Crippen LogP contribution is 2.34. The maximum absolute atomic E-state index is 5.76. The lowest BCUT2D eigenvalue weighted by atomic mass is 9.86. The SMILES string of the molecule is CCc1cccc2c1ccc1c3c(ccc12)CCCC3.Cl.Nc1cccc2ccccc12. The molecule has 0 radical (unpaired) electrons. The van der Waals surface area contributed by atoms with Crippen molar-refractivity contribution in [3.05, 3.63) is 102 Å². The fourth-order valence-electron chi connectivity index (χ4n) is 5.05. The highest BCUT2D eigenvalue weighted by molar-refractivity contribution is 6.09. The summed E-state index contributed by atoms with van der Waals surface area (Å²) in [5.74, 6) is 0. The quantitative estimate of drug-likeness (QED) is 0.206. The fourth-order valence-corrected chi connectivity index (χ4v) is 5.05. The number of hydrogen-bond donors (Lipinski definition) is 1. The van der Waals surface area contributed by atoms with Crippen LogP contribution in [0.1, 0.15) is 36.5 Å². The van der Waals surface area contributed by atoms with E-state index in [0.717, 1.165) is 17.5 Å². The molecule has 2 N–H and O–H groups in total. The van der Waals surface area contributed by atoms with Crippen LogP contribution in [-0.2, 0) is 19.3 Å². The van der Waals surface area contributed by atoms with Gasteiger partial charge in [-0.15, -0.1) is 12.4 Å². The Morgan fingerprint density at radius 3 is 2.12 bits per heavy atom. The molecule has 0 saturated heterocycles. The molecule has 6 rings (SSSR count). The average molecular weight is 440 g/mol. The highest BCUT2D eigenvalue weighted by Gasteiger charge is 2.13. The summed E-state index contributed by atoms with van der Waals surface area (Å²) in [6, 6.07) is 30.2. The molecule has 0 aliphatic heterocycles. The van der Waals surface area contributed by atoms with E-state index in [1.54, 1.807) is 11.1 Å². The Labute approximate surface area is 196 Å². The second-order valence-corrected chi connectivity index (χ2v) is 8.51. The van der Waals surface area contributed by atoms with Crippen LogP contribution < -0.4 is 5.73 Å². The monoisotopic (exact) mass is 439 g/mol. The Morgan fingerprint density at radius 2 is 1.28 bits per heavy atom. The number of aryl methyl sites for hydroxylation is 3. The molecule has 0 saturated carbocycles. The number of benzene rings is 5. The van der Waals surface area contributed by atoms with Crippen LogP contribution in [0.25, 0.3) is 32.3 Å². The van der Waals surface area contributed by atoms with E-state index in [9.17, 15) is 0 Å². The van der Waals surface area contributed by atoms with Gasteiger partial charge in [0.2, 0.25) is 0 Å². The minimum atomic E-state index is 0. The standard InChI is InChI=1S/C20H20.C10H9N.ClH/c1-2-14-7-5-9-18-17(14)12-13-19-16-8-4-3-6-15(16)10-11-20(18)19;11-10-7-3-5-8-4-1-2-6-9(8)10;/h5,7,9-13H,2-4,6,8H2,1H3;1-7H,11H2;1H. The molecule has 1 aliphatic rings. The zero-order valence-corrected chi connectivity index (χ0v) is 19.4. The van der Waals surface area contributed by atoms with E-state index in [2.05, 4.69) is 61.5 Å². The molecule has 0 unspecified atom stereocenters. The number of nitrogens with two attached hydrogens (primary N) is 1. The first kappa shape index (κ1) is 22.2. The Balaban J connectivity index is 0.000000174. The first-order chi connectivity index (χ1) is 15.3. The zero-order chi connectivity index (χ0) is 21.2. The molecule has 5 aromatic rings. The number of halogens is 1. The summed E-state index contributed by atoms with van der Waals surface area (Å²) in [6.45, 7) is 2.24. The van der Waals surface area contributed by atoms with Gasteiger partial charge in [-0.25, -0.2) is 0 Å². The largest absolute Gasteiger partial charge is 0.398 e. The molecule has 1 aliphatic carbocycles. The molecular formula is C30H30ClN. The molecule has 0 fully saturated rings. The van der Waals surface area contributed by atoms with E-state index < -0.39 is 0 Å². The molecule has 0 amide bonds. The molecule has 0 aromatic heterocycles. The summed E-state index contributed by atoms with van der Waals surface area (Å²) in [5.41, 5.74) is 11.3. The van der Waals surface area contributed by atoms with E-state index in [1.807, 2.05) is 30.3 Å². The summed E-state index contributed by atoms with van der Waals surface area (Å²) in [7, 11) is 0. The molecule has 1 nitrogen and oxygen atoms in total. The number of fused-ring (bicyclic) bond motifs is 6. The Morgan fingerprint density at radius 1 is 0.625 bits per heavy atom. The van der Waals surface area contributed by atoms with Crippen molar-refractivity contribution in [1.29, 1.82) is 0 Å². The summed E-state index contributed by atoms with van der Waals surface area (Å²) >= 11 is 0. The lowest BCUT2D eigenvalue weighted by Gasteiger charge is -2.19. The van der Waals surface area contributed by atoms with Crippen LogP contribution in [0.4, 0.5) is 5.69 Å². The predicted molar refractivity (Wildman–Crippen MR) is 143 cm³/mol. The molecule has 0 bridgehead atoms. The van der Waals surface area contributed by atoms with Crippen molar-refractivity contribution in [3.63, 3.8) is 0 Å². The molecule has 162 valence electrons. The molecule has 32 heavy (non-hydrogen) atoms. The minimum Gasteiger partial charge on any atom is -0.398 e. The Bertz CT molecular complexity index is 1380. The minimum absolute atomic E-state index is 0. The summed E-state index contributed by atoms with van der Waals surface area (Å²) in [4.78, 5) is 0. The lowest BCUT2D eigenvalue weighted by molar-refractivity contribution is 0.690. The predicted octanol–water partition coefficient (Wildman–Crippen LogP) is 8.28. The van der Waals surface area contributed by atoms with Crippen molar-refractivity contribution in [2.75, 3.05) is 5.73 Å². The molecule has 0 spiro atoms. The van der Waals surface area contributed by atoms with Gasteiger partial charge in [0.1, 0.15) is 0 Å². The van der Waals surface area contributed by atoms with Gasteiger partial charge >= 0.3 is 0 Å². The van der Waals surface area contributed by atoms with Crippen LogP contribution in [0, 0.1) is 0 Å². The van der Waals surface area contributed by atoms with E-state index in [0.29, 0.717) is 0 Å². The van der Waals surface area contributed by atoms with Crippen LogP contribution in [-0.4, -0.2) is 0 Å². The van der Waals surface area contributed by atoms with Gasteiger partial charge in [-0.1, -0.05) is 85.8 Å². The normalized spacial score (nSPS) is 12.7. The Hall–Kier alpha value is -3.03. The number of nitrogen functional groups attached to an aromatic ring is 1. The van der Waals surface area contributed by atoms with E-state index in [-0.39, 0.29) is 12.4 Å². The van der Waals surface area contributed by atoms with Crippen molar-refractivity contribution in [1.82, 2.24) is 0 Å². The van der Waals surface area contributed by atoms with Gasteiger partial charge in [-0.2, -0.15) is 0 Å². The van der Waals surface area contributed by atoms with Crippen LogP contribution in [0.3, 0.4) is 0 Å². The van der Waals surface area contributed by atoms with Gasteiger partial charge in [-0.3, -0.25) is 0 Å². The van der Waals surface area contributed by atoms with Gasteiger partial charge < -0.3 is 5.73 Å². The number of rotatable bonds is 1. The van der Waals surface area contributed by atoms with Crippen LogP contribution in [0.5, 0.6) is 0 Å². The van der Waals surface area contributed by atoms with Crippen LogP contribution in [0.2, 0.25) is 0 Å². The third-order valence-corrected chi connectivity index (χ3v) is 6.68. The third-order valence-electron chi connectivity index (χ3n) is 6.68. The van der Waals surface area contributed by atoms with Crippen molar-refractivity contribution in [2.45, 2.75) is 39.0 Å². The lowest BCUT2D eigenvalue weighted by Crippen LogP contribution is -2.03. The van der Waals surface area contributed by atoms with Crippen LogP contribution in [0.15, 0.2) is 84.9 Å².